The Labute approximate surface area is 175 Å². The van der Waals surface area contributed by atoms with Gasteiger partial charge in [-0.05, 0) is 31.9 Å². The summed E-state index contributed by atoms with van der Waals surface area (Å²) in [4.78, 5) is 53.2. The molecule has 1 N–H and O–H groups in total. The van der Waals surface area contributed by atoms with E-state index in [4.69, 9.17) is 4.74 Å². The van der Waals surface area contributed by atoms with Crippen LogP contribution in [0.2, 0.25) is 0 Å². The Hall–Kier alpha value is -2.90. The van der Waals surface area contributed by atoms with Crippen LogP contribution in [0.5, 0.6) is 0 Å². The third-order valence-electron chi connectivity index (χ3n) is 6.22. The Morgan fingerprint density at radius 2 is 1.87 bits per heavy atom. The number of carbonyl (C=O) groups is 4. The van der Waals surface area contributed by atoms with Gasteiger partial charge in [0.15, 0.2) is 6.61 Å². The molecule has 4 rings (SSSR count). The monoisotopic (exact) mass is 413 g/mol. The maximum atomic E-state index is 12.9. The zero-order valence-electron chi connectivity index (χ0n) is 17.1. The second-order valence-corrected chi connectivity index (χ2v) is 8.38. The predicted molar refractivity (Wildman–Crippen MR) is 110 cm³/mol. The molecule has 1 aliphatic carbocycles. The molecule has 0 spiro atoms. The number of anilines is 2. The second kappa shape index (κ2) is 8.45. The van der Waals surface area contributed by atoms with Gasteiger partial charge in [0, 0.05) is 31.5 Å². The van der Waals surface area contributed by atoms with Crippen LogP contribution in [0.25, 0.3) is 0 Å². The molecule has 160 valence electrons. The van der Waals surface area contributed by atoms with Crippen molar-refractivity contribution >= 4 is 35.1 Å². The molecule has 2 atom stereocenters. The van der Waals surface area contributed by atoms with Gasteiger partial charge in [0.05, 0.1) is 17.3 Å². The molecular formula is C22H27N3O5. The molecule has 8 nitrogen and oxygen atoms in total. The van der Waals surface area contributed by atoms with Gasteiger partial charge in [-0.2, -0.15) is 0 Å². The molecule has 0 aromatic heterocycles. The van der Waals surface area contributed by atoms with E-state index < -0.39 is 24.4 Å². The topological polar surface area (TPSA) is 96.0 Å². The van der Waals surface area contributed by atoms with Gasteiger partial charge in [-0.15, -0.1) is 0 Å². The first-order valence-corrected chi connectivity index (χ1v) is 10.6. The fourth-order valence-electron chi connectivity index (χ4n) is 4.75. The summed E-state index contributed by atoms with van der Waals surface area (Å²) < 4.78 is 5.32. The summed E-state index contributed by atoms with van der Waals surface area (Å²) in [6, 6.07) is 6.93. The third-order valence-corrected chi connectivity index (χ3v) is 6.22. The van der Waals surface area contributed by atoms with Gasteiger partial charge in [-0.1, -0.05) is 25.0 Å². The summed E-state index contributed by atoms with van der Waals surface area (Å²) in [7, 11) is 0. The van der Waals surface area contributed by atoms with E-state index in [2.05, 4.69) is 5.32 Å². The first kappa shape index (κ1) is 20.4. The number of nitrogens with one attached hydrogen (secondary N) is 1. The minimum Gasteiger partial charge on any atom is -0.455 e. The first-order valence-electron chi connectivity index (χ1n) is 10.6. The van der Waals surface area contributed by atoms with Gasteiger partial charge in [-0.25, -0.2) is 0 Å². The highest BCUT2D eigenvalue weighted by molar-refractivity contribution is 6.05. The van der Waals surface area contributed by atoms with Gasteiger partial charge in [-0.3, -0.25) is 19.2 Å². The lowest BCUT2D eigenvalue weighted by atomic mass is 10.1. The molecule has 0 bridgehead atoms. The molecule has 30 heavy (non-hydrogen) atoms. The summed E-state index contributed by atoms with van der Waals surface area (Å²) in [6.45, 7) is 1.74. The highest BCUT2D eigenvalue weighted by atomic mass is 16.5. The molecule has 1 saturated carbocycles. The van der Waals surface area contributed by atoms with E-state index in [1.165, 1.54) is 4.90 Å². The molecule has 0 unspecified atom stereocenters. The van der Waals surface area contributed by atoms with Gasteiger partial charge >= 0.3 is 5.97 Å². The van der Waals surface area contributed by atoms with Crippen molar-refractivity contribution in [3.05, 3.63) is 24.3 Å². The van der Waals surface area contributed by atoms with E-state index in [9.17, 15) is 19.2 Å². The van der Waals surface area contributed by atoms with Crippen molar-refractivity contribution in [2.45, 2.75) is 57.5 Å². The first-order chi connectivity index (χ1) is 14.4. The van der Waals surface area contributed by atoms with Crippen molar-refractivity contribution in [1.29, 1.82) is 0 Å². The van der Waals surface area contributed by atoms with Crippen molar-refractivity contribution in [3.8, 4) is 0 Å². The lowest BCUT2D eigenvalue weighted by Gasteiger charge is -2.27. The molecule has 0 radical (unpaired) electrons. The van der Waals surface area contributed by atoms with Crippen LogP contribution >= 0.6 is 0 Å². The average molecular weight is 413 g/mol. The SMILES string of the molecule is C[C@H]1CC(=O)Nc2ccccc2N1C(=O)COC(=O)[C@H]1CC(=O)N(C2CCCC2)C1. The van der Waals surface area contributed by atoms with E-state index >= 15 is 0 Å². The Bertz CT molecular complexity index is 864. The summed E-state index contributed by atoms with van der Waals surface area (Å²) >= 11 is 0. The van der Waals surface area contributed by atoms with Crippen molar-refractivity contribution in [2.24, 2.45) is 5.92 Å². The van der Waals surface area contributed by atoms with Gasteiger partial charge < -0.3 is 19.9 Å². The number of benzene rings is 1. The molecule has 2 fully saturated rings. The Balaban J connectivity index is 1.39. The molecule has 8 heteroatoms. The maximum absolute atomic E-state index is 12.9. The minimum absolute atomic E-state index is 0.00479. The minimum atomic E-state index is -0.525. The molecule has 3 amide bonds. The maximum Gasteiger partial charge on any atom is 0.311 e. The van der Waals surface area contributed by atoms with E-state index in [-0.39, 0.29) is 36.7 Å². The fraction of sp³-hybridized carbons (Fsp3) is 0.545. The summed E-state index contributed by atoms with van der Waals surface area (Å²) in [5.41, 5.74) is 1.14. The molecule has 1 aromatic carbocycles. The Morgan fingerprint density at radius 3 is 2.63 bits per heavy atom. The second-order valence-electron chi connectivity index (χ2n) is 8.38. The number of esters is 1. The van der Waals surface area contributed by atoms with E-state index in [0.29, 0.717) is 17.9 Å². The number of hydrogen-bond acceptors (Lipinski definition) is 5. The summed E-state index contributed by atoms with van der Waals surface area (Å²) in [5.74, 6) is -1.60. The summed E-state index contributed by atoms with van der Waals surface area (Å²) in [6.07, 6.45) is 4.51. The number of likely N-dealkylation sites (tertiary alicyclic amines) is 1. The average Bonchev–Trinajstić information content (AvgIpc) is 3.34. The molecular weight excluding hydrogens is 386 g/mol. The zero-order valence-corrected chi connectivity index (χ0v) is 17.1. The number of fused-ring (bicyclic) bond motifs is 1. The highest BCUT2D eigenvalue weighted by Gasteiger charge is 2.40. The number of amides is 3. The Morgan fingerprint density at radius 1 is 1.13 bits per heavy atom. The van der Waals surface area contributed by atoms with Gasteiger partial charge in [0.2, 0.25) is 11.8 Å². The normalized spacial score (nSPS) is 24.4. The largest absolute Gasteiger partial charge is 0.455 e. The number of carbonyl (C=O) groups excluding carboxylic acids is 4. The lowest BCUT2D eigenvalue weighted by molar-refractivity contribution is -0.152. The molecule has 1 saturated heterocycles. The van der Waals surface area contributed by atoms with Crippen molar-refractivity contribution in [2.75, 3.05) is 23.4 Å². The highest BCUT2D eigenvalue weighted by Crippen LogP contribution is 2.32. The van der Waals surface area contributed by atoms with Crippen LogP contribution < -0.4 is 10.2 Å². The van der Waals surface area contributed by atoms with Crippen LogP contribution in [-0.4, -0.2) is 53.8 Å². The molecule has 1 aromatic rings. The Kier molecular flexibility index (Phi) is 5.74. The quantitative estimate of drug-likeness (QED) is 0.763. The predicted octanol–water partition coefficient (Wildman–Crippen LogP) is 2.08. The number of ether oxygens (including phenoxy) is 1. The molecule has 3 aliphatic rings. The smallest absolute Gasteiger partial charge is 0.311 e. The van der Waals surface area contributed by atoms with Crippen LogP contribution in [-0.2, 0) is 23.9 Å². The zero-order chi connectivity index (χ0) is 21.3. The van der Waals surface area contributed by atoms with Gasteiger partial charge in [0.1, 0.15) is 0 Å². The number of nitrogens with zero attached hydrogens (tertiary/aromatic N) is 2. The number of hydrogen-bond donors (Lipinski definition) is 1. The fourth-order valence-corrected chi connectivity index (χ4v) is 4.75. The van der Waals surface area contributed by atoms with E-state index in [0.717, 1.165) is 25.7 Å². The van der Waals surface area contributed by atoms with E-state index in [1.807, 2.05) is 4.90 Å². The number of rotatable bonds is 4. The number of para-hydroxylation sites is 2. The van der Waals surface area contributed by atoms with Crippen molar-refractivity contribution < 1.29 is 23.9 Å². The van der Waals surface area contributed by atoms with Gasteiger partial charge in [0.25, 0.3) is 5.91 Å². The van der Waals surface area contributed by atoms with Crippen LogP contribution in [0.4, 0.5) is 11.4 Å². The van der Waals surface area contributed by atoms with Crippen LogP contribution in [0.3, 0.4) is 0 Å². The lowest BCUT2D eigenvalue weighted by Crippen LogP contribution is -2.42. The van der Waals surface area contributed by atoms with Crippen LogP contribution in [0, 0.1) is 5.92 Å². The van der Waals surface area contributed by atoms with Crippen molar-refractivity contribution in [1.82, 2.24) is 4.90 Å². The summed E-state index contributed by atoms with van der Waals surface area (Å²) in [5, 5.41) is 2.80. The molecule has 2 aliphatic heterocycles. The molecule has 2 heterocycles. The van der Waals surface area contributed by atoms with Crippen LogP contribution in [0.1, 0.15) is 45.4 Å². The third kappa shape index (κ3) is 4.04. The van der Waals surface area contributed by atoms with Crippen molar-refractivity contribution in [3.63, 3.8) is 0 Å². The standard InChI is InChI=1S/C22H27N3O5/c1-14-10-19(26)23-17-8-4-5-9-18(17)25(14)21(28)13-30-22(29)15-11-20(27)24(12-15)16-6-2-3-7-16/h4-5,8-9,14-16H,2-3,6-7,10-13H2,1H3,(H,23,26)/t14-,15-/m0/s1. The van der Waals surface area contributed by atoms with Crippen LogP contribution in [0.15, 0.2) is 24.3 Å². The van der Waals surface area contributed by atoms with E-state index in [1.54, 1.807) is 31.2 Å².